The van der Waals surface area contributed by atoms with Gasteiger partial charge in [0.15, 0.2) is 0 Å². The Bertz CT molecular complexity index is 237. The Hall–Kier alpha value is -0.370. The predicted octanol–water partition coefficient (Wildman–Crippen LogP) is 2.97. The van der Waals surface area contributed by atoms with Gasteiger partial charge < -0.3 is 0 Å². The molecular weight excluding hydrogens is 154 g/mol. The summed E-state index contributed by atoms with van der Waals surface area (Å²) in [6.07, 6.45) is 5.24. The van der Waals surface area contributed by atoms with Gasteiger partial charge in [-0.1, -0.05) is 13.3 Å². The van der Waals surface area contributed by atoms with E-state index in [1.165, 1.54) is 30.0 Å². The van der Waals surface area contributed by atoms with Crippen LogP contribution < -0.4 is 0 Å². The van der Waals surface area contributed by atoms with Gasteiger partial charge in [0.2, 0.25) is 0 Å². The standard InChI is InChI=1S/C9H13NS/c1-2-8-6-11-9(10-8)7-4-3-5-7/h6-7H,2-5H2,1H3. The number of thiazole rings is 1. The van der Waals surface area contributed by atoms with Crippen LogP contribution in [0.1, 0.15) is 42.8 Å². The maximum atomic E-state index is 4.57. The zero-order valence-corrected chi connectivity index (χ0v) is 7.66. The van der Waals surface area contributed by atoms with E-state index < -0.39 is 0 Å². The fourth-order valence-electron chi connectivity index (χ4n) is 1.33. The first-order chi connectivity index (χ1) is 5.40. The molecule has 0 aromatic carbocycles. The lowest BCUT2D eigenvalue weighted by molar-refractivity contribution is 0.418. The van der Waals surface area contributed by atoms with Crippen LogP contribution in [0.4, 0.5) is 0 Å². The van der Waals surface area contributed by atoms with Crippen LogP contribution in [-0.4, -0.2) is 4.98 Å². The van der Waals surface area contributed by atoms with Crippen LogP contribution in [0.25, 0.3) is 0 Å². The van der Waals surface area contributed by atoms with Crippen LogP contribution >= 0.6 is 11.3 Å². The Kier molecular flexibility index (Phi) is 1.95. The maximum absolute atomic E-state index is 4.57. The van der Waals surface area contributed by atoms with E-state index in [1.807, 2.05) is 11.3 Å². The van der Waals surface area contributed by atoms with E-state index in [-0.39, 0.29) is 0 Å². The first-order valence-electron chi connectivity index (χ1n) is 4.34. The van der Waals surface area contributed by atoms with Gasteiger partial charge in [0.1, 0.15) is 0 Å². The Morgan fingerprint density at radius 2 is 2.45 bits per heavy atom. The first kappa shape index (κ1) is 7.29. The molecule has 2 rings (SSSR count). The Balaban J connectivity index is 2.11. The van der Waals surface area contributed by atoms with E-state index in [2.05, 4.69) is 17.3 Å². The fourth-order valence-corrected chi connectivity index (χ4v) is 2.40. The topological polar surface area (TPSA) is 12.9 Å². The molecular formula is C9H13NS. The summed E-state index contributed by atoms with van der Waals surface area (Å²) in [6.45, 7) is 2.17. The minimum absolute atomic E-state index is 0.820. The second-order valence-corrected chi connectivity index (χ2v) is 4.05. The minimum Gasteiger partial charge on any atom is -0.246 e. The summed E-state index contributed by atoms with van der Waals surface area (Å²) in [5.74, 6) is 0.820. The van der Waals surface area contributed by atoms with Crippen molar-refractivity contribution in [2.45, 2.75) is 38.5 Å². The van der Waals surface area contributed by atoms with Crippen molar-refractivity contribution >= 4 is 11.3 Å². The third-order valence-corrected chi connectivity index (χ3v) is 3.44. The maximum Gasteiger partial charge on any atom is 0.0959 e. The van der Waals surface area contributed by atoms with Gasteiger partial charge in [-0.05, 0) is 19.3 Å². The van der Waals surface area contributed by atoms with Gasteiger partial charge in [-0.3, -0.25) is 0 Å². The fraction of sp³-hybridized carbons (Fsp3) is 0.667. The van der Waals surface area contributed by atoms with Gasteiger partial charge >= 0.3 is 0 Å². The molecule has 0 N–H and O–H groups in total. The molecule has 1 heterocycles. The Morgan fingerprint density at radius 1 is 1.64 bits per heavy atom. The van der Waals surface area contributed by atoms with E-state index in [1.54, 1.807) is 0 Å². The van der Waals surface area contributed by atoms with Crippen LogP contribution in [0, 0.1) is 0 Å². The molecule has 0 saturated heterocycles. The summed E-state index contributed by atoms with van der Waals surface area (Å²) in [6, 6.07) is 0. The summed E-state index contributed by atoms with van der Waals surface area (Å²) in [7, 11) is 0. The molecule has 60 valence electrons. The summed E-state index contributed by atoms with van der Waals surface area (Å²) in [5.41, 5.74) is 1.27. The van der Waals surface area contributed by atoms with Gasteiger partial charge in [-0.15, -0.1) is 11.3 Å². The van der Waals surface area contributed by atoms with E-state index >= 15 is 0 Å². The molecule has 1 aromatic rings. The number of rotatable bonds is 2. The van der Waals surface area contributed by atoms with Crippen molar-refractivity contribution in [1.29, 1.82) is 0 Å². The molecule has 1 aromatic heterocycles. The monoisotopic (exact) mass is 167 g/mol. The van der Waals surface area contributed by atoms with Crippen molar-refractivity contribution in [2.24, 2.45) is 0 Å². The molecule has 1 fully saturated rings. The highest BCUT2D eigenvalue weighted by atomic mass is 32.1. The predicted molar refractivity (Wildman–Crippen MR) is 48.1 cm³/mol. The number of hydrogen-bond acceptors (Lipinski definition) is 2. The third-order valence-electron chi connectivity index (χ3n) is 2.39. The lowest BCUT2D eigenvalue weighted by Crippen LogP contribution is -2.08. The number of nitrogens with zero attached hydrogens (tertiary/aromatic N) is 1. The molecule has 0 atom stereocenters. The van der Waals surface area contributed by atoms with E-state index in [9.17, 15) is 0 Å². The van der Waals surface area contributed by atoms with E-state index in [4.69, 9.17) is 0 Å². The van der Waals surface area contributed by atoms with Crippen molar-refractivity contribution < 1.29 is 0 Å². The molecule has 0 amide bonds. The van der Waals surface area contributed by atoms with Gasteiger partial charge in [0.05, 0.1) is 10.7 Å². The van der Waals surface area contributed by atoms with Crippen LogP contribution in [0.3, 0.4) is 0 Å². The van der Waals surface area contributed by atoms with Gasteiger partial charge in [0.25, 0.3) is 0 Å². The second-order valence-electron chi connectivity index (χ2n) is 3.16. The molecule has 0 aliphatic heterocycles. The van der Waals surface area contributed by atoms with Crippen LogP contribution in [0.2, 0.25) is 0 Å². The normalized spacial score (nSPS) is 18.3. The molecule has 0 spiro atoms. The molecule has 0 unspecified atom stereocenters. The average Bonchev–Trinajstić information content (AvgIpc) is 2.32. The van der Waals surface area contributed by atoms with Crippen molar-refractivity contribution in [3.05, 3.63) is 16.1 Å². The quantitative estimate of drug-likeness (QED) is 0.660. The molecule has 0 bridgehead atoms. The van der Waals surface area contributed by atoms with Crippen molar-refractivity contribution in [2.75, 3.05) is 0 Å². The van der Waals surface area contributed by atoms with E-state index in [0.29, 0.717) is 0 Å². The molecule has 1 nitrogen and oxygen atoms in total. The molecule has 1 aliphatic rings. The summed E-state index contributed by atoms with van der Waals surface area (Å²) in [4.78, 5) is 4.57. The van der Waals surface area contributed by atoms with Crippen molar-refractivity contribution in [3.8, 4) is 0 Å². The highest BCUT2D eigenvalue weighted by Gasteiger charge is 2.21. The average molecular weight is 167 g/mol. The van der Waals surface area contributed by atoms with Gasteiger partial charge in [-0.2, -0.15) is 0 Å². The van der Waals surface area contributed by atoms with Crippen molar-refractivity contribution in [1.82, 2.24) is 4.98 Å². The lowest BCUT2D eigenvalue weighted by Gasteiger charge is -2.22. The summed E-state index contributed by atoms with van der Waals surface area (Å²) >= 11 is 1.85. The van der Waals surface area contributed by atoms with E-state index in [0.717, 1.165) is 12.3 Å². The third kappa shape index (κ3) is 1.32. The number of aryl methyl sites for hydroxylation is 1. The molecule has 2 heteroatoms. The molecule has 0 radical (unpaired) electrons. The molecule has 1 saturated carbocycles. The second kappa shape index (κ2) is 2.94. The van der Waals surface area contributed by atoms with Crippen LogP contribution in [-0.2, 0) is 6.42 Å². The Labute approximate surface area is 71.5 Å². The largest absolute Gasteiger partial charge is 0.246 e. The first-order valence-corrected chi connectivity index (χ1v) is 5.22. The summed E-state index contributed by atoms with van der Waals surface area (Å²) < 4.78 is 0. The zero-order valence-electron chi connectivity index (χ0n) is 6.84. The van der Waals surface area contributed by atoms with Crippen LogP contribution in [0.15, 0.2) is 5.38 Å². The van der Waals surface area contributed by atoms with Gasteiger partial charge in [-0.25, -0.2) is 4.98 Å². The highest BCUT2D eigenvalue weighted by molar-refractivity contribution is 7.09. The zero-order chi connectivity index (χ0) is 7.68. The van der Waals surface area contributed by atoms with Crippen LogP contribution in [0.5, 0.6) is 0 Å². The van der Waals surface area contributed by atoms with Gasteiger partial charge in [0, 0.05) is 11.3 Å². The van der Waals surface area contributed by atoms with Crippen molar-refractivity contribution in [3.63, 3.8) is 0 Å². The molecule has 1 aliphatic carbocycles. The Morgan fingerprint density at radius 3 is 2.91 bits per heavy atom. The SMILES string of the molecule is CCc1csc(C2CCC2)n1. The smallest absolute Gasteiger partial charge is 0.0959 e. The summed E-state index contributed by atoms with van der Waals surface area (Å²) in [5, 5.41) is 3.58. The highest BCUT2D eigenvalue weighted by Crippen LogP contribution is 2.37. The number of hydrogen-bond donors (Lipinski definition) is 0. The lowest BCUT2D eigenvalue weighted by atomic mass is 9.86. The molecule has 11 heavy (non-hydrogen) atoms. The number of aromatic nitrogens is 1. The minimum atomic E-state index is 0.820.